The number of aliphatic hydroxyl groups is 2. The summed E-state index contributed by atoms with van der Waals surface area (Å²) >= 11 is 0. The van der Waals surface area contributed by atoms with Gasteiger partial charge in [-0.3, -0.25) is 0 Å². The first-order valence-electron chi connectivity index (χ1n) is 18.8. The van der Waals surface area contributed by atoms with Gasteiger partial charge < -0.3 is 20.1 Å². The van der Waals surface area contributed by atoms with Gasteiger partial charge in [0.15, 0.2) is 6.29 Å². The van der Waals surface area contributed by atoms with E-state index in [1.54, 1.807) is 12.1 Å². The van der Waals surface area contributed by atoms with Crippen LogP contribution in [0.3, 0.4) is 0 Å². The fraction of sp³-hybridized carbons (Fsp3) is 0.842. The molecule has 5 aliphatic carbocycles. The number of alkyl halides is 9. The number of unbranched alkanes of at least 4 members (excludes halogenated alkanes) is 6. The normalized spacial score (nSPS) is 33.8. The van der Waals surface area contributed by atoms with E-state index >= 15 is 0 Å². The van der Waals surface area contributed by atoms with Gasteiger partial charge in [0.1, 0.15) is 5.75 Å². The summed E-state index contributed by atoms with van der Waals surface area (Å²) in [7, 11) is 1.16. The highest BCUT2D eigenvalue weighted by atomic mass is 19.4. The quantitative estimate of drug-likeness (QED) is 0.0796. The Morgan fingerprint density at radius 3 is 2.10 bits per heavy atom. The van der Waals surface area contributed by atoms with Crippen LogP contribution in [0, 0.1) is 40.4 Å². The molecule has 4 saturated carbocycles. The van der Waals surface area contributed by atoms with Gasteiger partial charge in [0.2, 0.25) is 0 Å². The van der Waals surface area contributed by atoms with Crippen molar-refractivity contribution in [3.63, 3.8) is 0 Å². The highest BCUT2D eigenvalue weighted by molar-refractivity contribution is 5.46. The molecule has 4 nitrogen and oxygen atoms in total. The first kappa shape index (κ1) is 39.0. The lowest BCUT2D eigenvalue weighted by atomic mass is 9.52. The summed E-state index contributed by atoms with van der Waals surface area (Å²) < 4.78 is 124. The zero-order chi connectivity index (χ0) is 37.2. The van der Waals surface area contributed by atoms with E-state index in [-0.39, 0.29) is 24.5 Å². The van der Waals surface area contributed by atoms with Crippen molar-refractivity contribution >= 4 is 0 Å². The average molecular weight is 743 g/mol. The molecule has 51 heavy (non-hydrogen) atoms. The number of rotatable bonds is 18. The maximum Gasteiger partial charge on any atom is 0.460 e. The van der Waals surface area contributed by atoms with Gasteiger partial charge in [0.25, 0.3) is 0 Å². The summed E-state index contributed by atoms with van der Waals surface area (Å²) in [6.45, 7) is 0. The molecule has 0 aromatic heterocycles. The van der Waals surface area contributed by atoms with Crippen molar-refractivity contribution < 1.29 is 59.6 Å². The molecule has 1 aromatic carbocycles. The number of methoxy groups -OCH3 is 1. The first-order chi connectivity index (χ1) is 23.9. The Bertz CT molecular complexity index is 1390. The predicted molar refractivity (Wildman–Crippen MR) is 171 cm³/mol. The van der Waals surface area contributed by atoms with Crippen molar-refractivity contribution in [2.75, 3.05) is 7.11 Å². The highest BCUT2D eigenvalue weighted by Gasteiger charge is 2.92. The summed E-state index contributed by atoms with van der Waals surface area (Å²) in [5.74, 6) is -17.1. The van der Waals surface area contributed by atoms with Gasteiger partial charge in [-0.2, -0.15) is 39.5 Å². The fourth-order valence-corrected chi connectivity index (χ4v) is 11.5. The standard InChI is InChI=1S/C38H51F9O4/c1-51-32(50)22(11-9-17-35(39,40)36(41,42)37(43,44)38(45,46)47)10-7-5-3-2-4-6-8-12-26-30-25(24-14-13-23(48)20-27(24)31(26)49)15-19-34-28(30)16-18-33(34)21-29(33)34/h13-14,20,22,25-26,28-32,48-50H,2-12,15-19,21H2,1H3/t22?,25?,26-,28?,29?,30?,31-,32?,33?,34-/m0/s1. The van der Waals surface area contributed by atoms with Crippen molar-refractivity contribution in [1.82, 2.24) is 0 Å². The van der Waals surface area contributed by atoms with E-state index in [0.717, 1.165) is 70.0 Å². The number of phenolic OH excluding ortho intramolecular Hbond substituents is 1. The zero-order valence-corrected chi connectivity index (χ0v) is 29.0. The van der Waals surface area contributed by atoms with E-state index in [9.17, 15) is 54.8 Å². The summed E-state index contributed by atoms with van der Waals surface area (Å²) in [6, 6.07) is 5.53. The SMILES string of the molecule is COC(O)C(CCCCCCCCC[C@H]1C2C(CC[C@@]34C2CCC32CC24)c2ccc(O)cc2[C@H]1O)CCCC(F)(F)C(F)(F)C(F)(F)C(F)(F)F. The van der Waals surface area contributed by atoms with Crippen LogP contribution in [0.5, 0.6) is 5.75 Å². The van der Waals surface area contributed by atoms with E-state index in [0.29, 0.717) is 35.0 Å². The van der Waals surface area contributed by atoms with E-state index < -0.39 is 55.1 Å². The topological polar surface area (TPSA) is 69.9 Å². The summed E-state index contributed by atoms with van der Waals surface area (Å²) in [6.07, 6.45) is 1.77. The van der Waals surface area contributed by atoms with E-state index in [1.807, 2.05) is 6.07 Å². The van der Waals surface area contributed by atoms with Crippen molar-refractivity contribution in [2.45, 2.75) is 151 Å². The number of halogens is 9. The Morgan fingerprint density at radius 2 is 1.47 bits per heavy atom. The number of fused-ring (bicyclic) bond motifs is 4. The van der Waals surface area contributed by atoms with Gasteiger partial charge in [-0.05, 0) is 121 Å². The maximum absolute atomic E-state index is 14.0. The van der Waals surface area contributed by atoms with Gasteiger partial charge in [0.05, 0.1) is 6.10 Å². The molecule has 5 aliphatic rings. The van der Waals surface area contributed by atoms with Crippen LogP contribution in [-0.4, -0.2) is 52.7 Å². The van der Waals surface area contributed by atoms with Crippen LogP contribution in [0.25, 0.3) is 0 Å². The van der Waals surface area contributed by atoms with Crippen molar-refractivity contribution in [3.05, 3.63) is 29.3 Å². The van der Waals surface area contributed by atoms with Gasteiger partial charge in [-0.15, -0.1) is 0 Å². The molecule has 0 radical (unpaired) electrons. The minimum Gasteiger partial charge on any atom is -0.508 e. The number of benzene rings is 1. The Hall–Kier alpha value is -1.73. The molecule has 290 valence electrons. The molecule has 7 unspecified atom stereocenters. The Kier molecular flexibility index (Phi) is 10.6. The molecule has 2 spiro atoms. The molecule has 6 rings (SSSR count). The predicted octanol–water partition coefficient (Wildman–Crippen LogP) is 10.7. The van der Waals surface area contributed by atoms with Crippen molar-refractivity contribution in [3.8, 4) is 5.75 Å². The summed E-state index contributed by atoms with van der Waals surface area (Å²) in [5, 5.41) is 32.1. The molecule has 10 atom stereocenters. The monoisotopic (exact) mass is 742 g/mol. The number of aromatic hydroxyl groups is 1. The van der Waals surface area contributed by atoms with Crippen LogP contribution in [0.4, 0.5) is 39.5 Å². The van der Waals surface area contributed by atoms with Crippen molar-refractivity contribution in [1.29, 1.82) is 0 Å². The Morgan fingerprint density at radius 1 is 0.824 bits per heavy atom. The number of phenols is 1. The van der Waals surface area contributed by atoms with Crippen LogP contribution >= 0.6 is 0 Å². The van der Waals surface area contributed by atoms with Crippen molar-refractivity contribution in [2.24, 2.45) is 40.4 Å². The third-order valence-corrected chi connectivity index (χ3v) is 14.1. The molecule has 0 saturated heterocycles. The summed E-state index contributed by atoms with van der Waals surface area (Å²) in [5.41, 5.74) is 3.24. The second kappa shape index (κ2) is 13.8. The summed E-state index contributed by atoms with van der Waals surface area (Å²) in [4.78, 5) is 0. The molecule has 0 amide bonds. The van der Waals surface area contributed by atoms with Gasteiger partial charge in [-0.1, -0.05) is 51.0 Å². The van der Waals surface area contributed by atoms with Crippen LogP contribution in [-0.2, 0) is 4.74 Å². The number of aliphatic hydroxyl groups excluding tert-OH is 2. The van der Waals surface area contributed by atoms with Crippen LogP contribution < -0.4 is 0 Å². The third-order valence-electron chi connectivity index (χ3n) is 14.1. The van der Waals surface area contributed by atoms with E-state index in [4.69, 9.17) is 4.74 Å². The lowest BCUT2D eigenvalue weighted by Gasteiger charge is -2.53. The number of ether oxygens (including phenoxy) is 1. The lowest BCUT2D eigenvalue weighted by molar-refractivity contribution is -0.396. The minimum atomic E-state index is -6.90. The van der Waals surface area contributed by atoms with Crippen LogP contribution in [0.1, 0.15) is 132 Å². The molecular weight excluding hydrogens is 691 g/mol. The molecule has 0 bridgehead atoms. The Balaban J connectivity index is 0.925. The molecule has 0 aliphatic heterocycles. The number of hydrogen-bond acceptors (Lipinski definition) is 4. The molecule has 3 N–H and O–H groups in total. The molecule has 1 aromatic rings. The molecule has 4 fully saturated rings. The van der Waals surface area contributed by atoms with Gasteiger partial charge >= 0.3 is 23.9 Å². The van der Waals surface area contributed by atoms with Gasteiger partial charge in [-0.25, -0.2) is 0 Å². The van der Waals surface area contributed by atoms with Gasteiger partial charge in [0, 0.05) is 19.4 Å². The van der Waals surface area contributed by atoms with Crippen LogP contribution in [0.2, 0.25) is 0 Å². The first-order valence-corrected chi connectivity index (χ1v) is 18.8. The number of hydrogen-bond donors (Lipinski definition) is 3. The highest BCUT2D eigenvalue weighted by Crippen LogP contribution is 2.99. The minimum absolute atomic E-state index is 0.165. The Labute approximate surface area is 293 Å². The van der Waals surface area contributed by atoms with E-state index in [2.05, 4.69) is 0 Å². The lowest BCUT2D eigenvalue weighted by Crippen LogP contribution is -2.60. The maximum atomic E-state index is 14.0. The average Bonchev–Trinajstić information content (AvgIpc) is 3.91. The molecular formula is C38H51F9O4. The van der Waals surface area contributed by atoms with E-state index in [1.165, 1.54) is 31.2 Å². The molecule has 13 heteroatoms. The van der Waals surface area contributed by atoms with Crippen LogP contribution in [0.15, 0.2) is 18.2 Å². The zero-order valence-electron chi connectivity index (χ0n) is 29.0. The smallest absolute Gasteiger partial charge is 0.460 e. The second-order valence-corrected chi connectivity index (χ2v) is 16.4. The third kappa shape index (κ3) is 6.38. The molecule has 0 heterocycles. The second-order valence-electron chi connectivity index (χ2n) is 16.4. The fourth-order valence-electron chi connectivity index (χ4n) is 11.5. The largest absolute Gasteiger partial charge is 0.508 e.